The van der Waals surface area contributed by atoms with E-state index in [0.29, 0.717) is 17.5 Å². The summed E-state index contributed by atoms with van der Waals surface area (Å²) in [5.41, 5.74) is 6.36. The van der Waals surface area contributed by atoms with E-state index in [4.69, 9.17) is 19.4 Å². The Balaban J connectivity index is 1.61. The molecule has 0 N–H and O–H groups in total. The third kappa shape index (κ3) is 4.33. The zero-order valence-electron chi connectivity index (χ0n) is 21.0. The Morgan fingerprint density at radius 1 is 0.605 bits per heavy atom. The van der Waals surface area contributed by atoms with Crippen LogP contribution in [0.15, 0.2) is 120 Å². The van der Waals surface area contributed by atoms with Gasteiger partial charge in [-0.2, -0.15) is 0 Å². The smallest absolute Gasteiger partial charge is 0.164 e. The summed E-state index contributed by atoms with van der Waals surface area (Å²) >= 11 is 0. The van der Waals surface area contributed by atoms with Crippen LogP contribution in [-0.4, -0.2) is 15.0 Å². The summed E-state index contributed by atoms with van der Waals surface area (Å²) in [5, 5.41) is 1.84. The molecule has 0 spiro atoms. The van der Waals surface area contributed by atoms with Gasteiger partial charge < -0.3 is 4.42 Å². The molecule has 0 bridgehead atoms. The van der Waals surface area contributed by atoms with Crippen molar-refractivity contribution in [2.45, 2.75) is 6.92 Å². The molecule has 0 amide bonds. The van der Waals surface area contributed by atoms with E-state index in [9.17, 15) is 0 Å². The predicted octanol–water partition coefficient (Wildman–Crippen LogP) is 7.05. The van der Waals surface area contributed by atoms with E-state index < -0.39 is 0 Å². The second-order valence-corrected chi connectivity index (χ2v) is 8.90. The van der Waals surface area contributed by atoms with Gasteiger partial charge >= 0.3 is 0 Å². The number of hydrogen-bond acceptors (Lipinski definition) is 4. The van der Waals surface area contributed by atoms with Gasteiger partial charge in [-0.25, -0.2) is 15.0 Å². The maximum Gasteiger partial charge on any atom is 0.164 e. The molecule has 0 saturated heterocycles. The van der Waals surface area contributed by atoms with Crippen LogP contribution in [0.4, 0.5) is 0 Å². The van der Waals surface area contributed by atoms with Gasteiger partial charge in [-0.1, -0.05) is 116 Å². The lowest BCUT2D eigenvalue weighted by Gasteiger charge is -2.12. The Morgan fingerprint density at radius 2 is 1.16 bits per heavy atom. The van der Waals surface area contributed by atoms with E-state index in [2.05, 4.69) is 24.8 Å². The fraction of sp³-hybridized carbons (Fsp3) is 0.0294. The third-order valence-corrected chi connectivity index (χ3v) is 6.44. The lowest BCUT2D eigenvalue weighted by atomic mass is 9.95. The van der Waals surface area contributed by atoms with Crippen LogP contribution in [0.25, 0.3) is 68.9 Å². The van der Waals surface area contributed by atoms with Gasteiger partial charge in [-0.05, 0) is 30.2 Å². The molecule has 0 fully saturated rings. The zero-order chi connectivity index (χ0) is 25.9. The molecule has 0 aliphatic rings. The van der Waals surface area contributed by atoms with Gasteiger partial charge in [0.05, 0.1) is 0 Å². The van der Waals surface area contributed by atoms with Gasteiger partial charge in [0, 0.05) is 27.3 Å². The lowest BCUT2D eigenvalue weighted by Crippen LogP contribution is -2.17. The summed E-state index contributed by atoms with van der Waals surface area (Å²) < 4.78 is 6.15. The summed E-state index contributed by atoms with van der Waals surface area (Å²) in [7, 11) is 0. The Kier molecular flexibility index (Phi) is 6.20. The van der Waals surface area contributed by atoms with E-state index in [-0.39, 0.29) is 0 Å². The Morgan fingerprint density at radius 3 is 1.79 bits per heavy atom. The number of benzene rings is 4. The molecule has 38 heavy (non-hydrogen) atoms. The highest BCUT2D eigenvalue weighted by Gasteiger charge is 2.17. The molecular formula is C34H25N3O. The van der Waals surface area contributed by atoms with Gasteiger partial charge in [-0.3, -0.25) is 0 Å². The minimum Gasteiger partial charge on any atom is -0.456 e. The van der Waals surface area contributed by atoms with E-state index >= 15 is 0 Å². The van der Waals surface area contributed by atoms with Crippen LogP contribution >= 0.6 is 0 Å². The van der Waals surface area contributed by atoms with Crippen LogP contribution in [-0.2, 0) is 0 Å². The molecule has 6 aromatic rings. The molecule has 0 atom stereocenters. The highest BCUT2D eigenvalue weighted by Crippen LogP contribution is 2.35. The summed E-state index contributed by atoms with van der Waals surface area (Å²) in [6.45, 7) is 6.34. The minimum absolute atomic E-state index is 0.611. The molecule has 4 nitrogen and oxygen atoms in total. The van der Waals surface area contributed by atoms with Crippen molar-refractivity contribution in [2.24, 2.45) is 0 Å². The highest BCUT2D eigenvalue weighted by molar-refractivity contribution is 5.98. The molecule has 0 saturated carbocycles. The van der Waals surface area contributed by atoms with Crippen LogP contribution in [0.5, 0.6) is 0 Å². The van der Waals surface area contributed by atoms with Crippen molar-refractivity contribution in [3.63, 3.8) is 0 Å². The first-order chi connectivity index (χ1) is 18.7. The van der Waals surface area contributed by atoms with Gasteiger partial charge in [0.15, 0.2) is 17.5 Å². The van der Waals surface area contributed by atoms with Gasteiger partial charge in [0.25, 0.3) is 0 Å². The van der Waals surface area contributed by atoms with Crippen molar-refractivity contribution in [1.82, 2.24) is 15.0 Å². The molecule has 2 heterocycles. The molecule has 182 valence electrons. The maximum absolute atomic E-state index is 6.15. The second-order valence-electron chi connectivity index (χ2n) is 8.90. The first-order valence-corrected chi connectivity index (χ1v) is 12.5. The number of furan rings is 1. The van der Waals surface area contributed by atoms with E-state index in [1.165, 1.54) is 0 Å². The molecule has 0 aliphatic heterocycles. The van der Waals surface area contributed by atoms with Crippen molar-refractivity contribution in [1.29, 1.82) is 0 Å². The first-order valence-electron chi connectivity index (χ1n) is 12.5. The molecule has 2 aromatic heterocycles. The van der Waals surface area contributed by atoms with Crippen LogP contribution < -0.4 is 10.6 Å². The summed E-state index contributed by atoms with van der Waals surface area (Å²) in [6.07, 6.45) is 5.88. The monoisotopic (exact) mass is 491 g/mol. The molecule has 0 unspecified atom stereocenters. The van der Waals surface area contributed by atoms with Crippen molar-refractivity contribution in [3.05, 3.63) is 126 Å². The largest absolute Gasteiger partial charge is 0.456 e. The Bertz CT molecular complexity index is 1830. The van der Waals surface area contributed by atoms with E-state index in [0.717, 1.165) is 49.4 Å². The third-order valence-electron chi connectivity index (χ3n) is 6.44. The van der Waals surface area contributed by atoms with E-state index in [1.807, 2.05) is 110 Å². The van der Waals surface area contributed by atoms with Gasteiger partial charge in [0.1, 0.15) is 11.0 Å². The Labute approximate surface area is 221 Å². The van der Waals surface area contributed by atoms with Gasteiger partial charge in [0.2, 0.25) is 0 Å². The number of aromatic nitrogens is 3. The molecular weight excluding hydrogens is 466 g/mol. The lowest BCUT2D eigenvalue weighted by molar-refractivity contribution is 0.576. The van der Waals surface area contributed by atoms with Crippen molar-refractivity contribution >= 4 is 23.6 Å². The van der Waals surface area contributed by atoms with Crippen LogP contribution in [0.2, 0.25) is 0 Å². The molecule has 0 aliphatic carbocycles. The number of fused-ring (bicyclic) bond motifs is 1. The molecule has 4 aromatic carbocycles. The van der Waals surface area contributed by atoms with Crippen molar-refractivity contribution in [2.75, 3.05) is 0 Å². The average molecular weight is 492 g/mol. The quantitative estimate of drug-likeness (QED) is 0.259. The minimum atomic E-state index is 0.611. The first kappa shape index (κ1) is 23.3. The molecule has 4 heteroatoms. The Hall–Kier alpha value is -5.09. The summed E-state index contributed by atoms with van der Waals surface area (Å²) in [4.78, 5) is 14.8. The summed E-state index contributed by atoms with van der Waals surface area (Å²) in [6, 6.07) is 34.3. The predicted molar refractivity (Wildman–Crippen MR) is 155 cm³/mol. The van der Waals surface area contributed by atoms with Crippen molar-refractivity contribution in [3.8, 4) is 45.3 Å². The fourth-order valence-electron chi connectivity index (χ4n) is 4.62. The highest BCUT2D eigenvalue weighted by atomic mass is 16.3. The van der Waals surface area contributed by atoms with Crippen LogP contribution in [0.1, 0.15) is 6.92 Å². The average Bonchev–Trinajstić information content (AvgIpc) is 3.32. The van der Waals surface area contributed by atoms with E-state index in [1.54, 1.807) is 0 Å². The standard InChI is InChI=1S/C34H25N3O/c1-3-4-21-29-23(2)31-27(20-13-22-30(31)38-29)26-18-11-12-19-28(26)34-36-32(24-14-7-5-8-15-24)35-33(37-34)25-16-9-6-10-17-25/h3-22H,2H2,1H3/b4-3-,29-21+. The number of allylic oxidation sites excluding steroid dienone is 2. The number of hydrogen-bond donors (Lipinski definition) is 0. The molecule has 6 rings (SSSR count). The van der Waals surface area contributed by atoms with Crippen LogP contribution in [0.3, 0.4) is 0 Å². The van der Waals surface area contributed by atoms with Crippen LogP contribution in [0, 0.1) is 0 Å². The summed E-state index contributed by atoms with van der Waals surface area (Å²) in [5.74, 6) is 1.87. The van der Waals surface area contributed by atoms with Crippen molar-refractivity contribution < 1.29 is 4.42 Å². The maximum atomic E-state index is 6.15. The zero-order valence-corrected chi connectivity index (χ0v) is 21.0. The second kappa shape index (κ2) is 10.1. The normalized spacial score (nSPS) is 12.0. The topological polar surface area (TPSA) is 51.8 Å². The number of nitrogens with zero attached hydrogens (tertiary/aromatic N) is 3. The SMILES string of the molecule is C=c1/c(=C\C=C/C)oc2cccc(-c3ccccc3-c3nc(-c4ccccc4)nc(-c4ccccc4)n3)c12. The molecule has 0 radical (unpaired) electrons. The fourth-order valence-corrected chi connectivity index (χ4v) is 4.62. The van der Waals surface area contributed by atoms with Gasteiger partial charge in [-0.15, -0.1) is 0 Å². The number of rotatable bonds is 5.